The second kappa shape index (κ2) is 11.8. The SMILES string of the molecule is COc1c(C(=O)NC2CCN(c3ccc(C(F)(F)F)nc3)CC2)n(C)c2c1c(=O)n(CC(=O)c1ccccc1)c1ccccc21. The van der Waals surface area contributed by atoms with E-state index in [0.717, 1.165) is 6.07 Å². The number of piperidine rings is 1. The molecular formula is C33H30F3N5O4. The summed E-state index contributed by atoms with van der Waals surface area (Å²) in [6.45, 7) is 0.829. The van der Waals surface area contributed by atoms with Crippen molar-refractivity contribution in [3.05, 3.63) is 100 Å². The number of anilines is 1. The van der Waals surface area contributed by atoms with Gasteiger partial charge in [-0.15, -0.1) is 0 Å². The summed E-state index contributed by atoms with van der Waals surface area (Å²) in [7, 11) is 3.10. The standard InChI is InChI=1S/C33H30F3N5O4/c1-39-28-23-10-6-7-11-24(23)41(19-25(42)20-8-4-3-5-9-20)32(44)27(28)30(45-2)29(39)31(43)38-21-14-16-40(17-15-21)22-12-13-26(37-18-22)33(34,35)36/h3-13,18,21H,14-17,19H2,1-2H3,(H,38,43). The number of nitrogens with one attached hydrogen (secondary N) is 1. The third-order valence-corrected chi connectivity index (χ3v) is 8.31. The van der Waals surface area contributed by atoms with Crippen molar-refractivity contribution < 1.29 is 27.5 Å². The number of fused-ring (bicyclic) bond motifs is 3. The fraction of sp³-hybridized carbons (Fsp3) is 0.273. The summed E-state index contributed by atoms with van der Waals surface area (Å²) >= 11 is 0. The van der Waals surface area contributed by atoms with E-state index < -0.39 is 23.3 Å². The van der Waals surface area contributed by atoms with Crippen molar-refractivity contribution in [1.29, 1.82) is 0 Å². The Kier molecular flexibility index (Phi) is 7.81. The van der Waals surface area contributed by atoms with Gasteiger partial charge in [0.05, 0.1) is 36.6 Å². The molecule has 0 aliphatic carbocycles. The molecule has 0 spiro atoms. The summed E-state index contributed by atoms with van der Waals surface area (Å²) < 4.78 is 47.5. The zero-order valence-electron chi connectivity index (χ0n) is 24.6. The van der Waals surface area contributed by atoms with Gasteiger partial charge in [-0.1, -0.05) is 48.5 Å². The molecule has 232 valence electrons. The molecular weight excluding hydrogens is 587 g/mol. The maximum atomic E-state index is 14.0. The van der Waals surface area contributed by atoms with Crippen LogP contribution >= 0.6 is 0 Å². The zero-order valence-corrected chi connectivity index (χ0v) is 24.6. The number of aryl methyl sites for hydroxylation is 1. The number of carbonyl (C=O) groups is 2. The van der Waals surface area contributed by atoms with E-state index in [9.17, 15) is 27.6 Å². The lowest BCUT2D eigenvalue weighted by Crippen LogP contribution is -2.45. The van der Waals surface area contributed by atoms with Crippen molar-refractivity contribution >= 4 is 39.2 Å². The summed E-state index contributed by atoms with van der Waals surface area (Å²) in [6, 6.07) is 18.1. The van der Waals surface area contributed by atoms with E-state index in [1.165, 1.54) is 23.9 Å². The van der Waals surface area contributed by atoms with Crippen LogP contribution in [0.15, 0.2) is 77.7 Å². The third kappa shape index (κ3) is 5.52. The van der Waals surface area contributed by atoms with Crippen LogP contribution in [0.1, 0.15) is 39.4 Å². The first kappa shape index (κ1) is 29.9. The average Bonchev–Trinajstić information content (AvgIpc) is 3.35. The minimum Gasteiger partial charge on any atom is -0.493 e. The molecule has 0 bridgehead atoms. The van der Waals surface area contributed by atoms with Crippen LogP contribution < -0.4 is 20.5 Å². The Bertz CT molecular complexity index is 1960. The molecule has 6 rings (SSSR count). The Morgan fingerprint density at radius 2 is 1.69 bits per heavy atom. The molecule has 0 saturated carbocycles. The van der Waals surface area contributed by atoms with E-state index in [2.05, 4.69) is 10.3 Å². The fourth-order valence-corrected chi connectivity index (χ4v) is 6.07. The van der Waals surface area contributed by atoms with Gasteiger partial charge in [0.25, 0.3) is 11.5 Å². The van der Waals surface area contributed by atoms with Crippen LogP contribution in [0.4, 0.5) is 18.9 Å². The van der Waals surface area contributed by atoms with Crippen LogP contribution in [0.2, 0.25) is 0 Å². The predicted octanol–water partition coefficient (Wildman–Crippen LogP) is 5.20. The molecule has 2 aromatic carbocycles. The molecule has 9 nitrogen and oxygen atoms in total. The minimum absolute atomic E-state index is 0.120. The van der Waals surface area contributed by atoms with Crippen molar-refractivity contribution in [2.24, 2.45) is 7.05 Å². The van der Waals surface area contributed by atoms with E-state index in [4.69, 9.17) is 4.74 Å². The molecule has 1 saturated heterocycles. The molecule has 1 aliphatic rings. The van der Waals surface area contributed by atoms with E-state index >= 15 is 0 Å². The summed E-state index contributed by atoms with van der Waals surface area (Å²) in [4.78, 5) is 46.4. The molecule has 0 atom stereocenters. The summed E-state index contributed by atoms with van der Waals surface area (Å²) in [6.07, 6.45) is -2.18. The Labute approximate surface area is 255 Å². The van der Waals surface area contributed by atoms with Gasteiger partial charge in [-0.05, 0) is 31.0 Å². The van der Waals surface area contributed by atoms with Crippen LogP contribution in [0, 0.1) is 0 Å². The number of Topliss-reactive ketones (excluding diaryl/α,β-unsaturated/α-hetero) is 1. The monoisotopic (exact) mass is 617 g/mol. The first-order valence-electron chi connectivity index (χ1n) is 14.4. The maximum absolute atomic E-state index is 14.0. The van der Waals surface area contributed by atoms with Gasteiger partial charge >= 0.3 is 6.18 Å². The number of rotatable bonds is 7. The van der Waals surface area contributed by atoms with Crippen LogP contribution in [-0.2, 0) is 19.8 Å². The van der Waals surface area contributed by atoms with Crippen molar-refractivity contribution in [2.45, 2.75) is 31.6 Å². The van der Waals surface area contributed by atoms with Crippen LogP contribution in [0.5, 0.6) is 5.75 Å². The normalized spacial score (nSPS) is 14.2. The number of hydrogen-bond donors (Lipinski definition) is 1. The molecule has 12 heteroatoms. The smallest absolute Gasteiger partial charge is 0.433 e. The van der Waals surface area contributed by atoms with Crippen LogP contribution in [0.3, 0.4) is 0 Å². The highest BCUT2D eigenvalue weighted by molar-refractivity contribution is 6.12. The number of ketones is 1. The van der Waals surface area contributed by atoms with Gasteiger partial charge in [0, 0.05) is 37.1 Å². The largest absolute Gasteiger partial charge is 0.493 e. The average molecular weight is 618 g/mol. The highest BCUT2D eigenvalue weighted by atomic mass is 19.4. The van der Waals surface area contributed by atoms with Gasteiger partial charge in [0.2, 0.25) is 0 Å². The molecule has 1 fully saturated rings. The highest BCUT2D eigenvalue weighted by Crippen LogP contribution is 2.35. The summed E-state index contributed by atoms with van der Waals surface area (Å²) in [5.74, 6) is -0.529. The van der Waals surface area contributed by atoms with E-state index in [-0.39, 0.29) is 35.2 Å². The molecule has 0 radical (unpaired) electrons. The molecule has 1 amide bonds. The first-order valence-corrected chi connectivity index (χ1v) is 14.4. The quantitative estimate of drug-likeness (QED) is 0.252. The van der Waals surface area contributed by atoms with Gasteiger partial charge in [-0.3, -0.25) is 19.0 Å². The van der Waals surface area contributed by atoms with Crippen molar-refractivity contribution in [3.63, 3.8) is 0 Å². The maximum Gasteiger partial charge on any atom is 0.433 e. The van der Waals surface area contributed by atoms with E-state index in [1.807, 2.05) is 23.1 Å². The van der Waals surface area contributed by atoms with Crippen molar-refractivity contribution in [1.82, 2.24) is 19.4 Å². The fourth-order valence-electron chi connectivity index (χ4n) is 6.07. The minimum atomic E-state index is -4.50. The van der Waals surface area contributed by atoms with Gasteiger partial charge in [0.1, 0.15) is 11.1 Å². The number of amides is 1. The summed E-state index contributed by atoms with van der Waals surface area (Å²) in [5, 5.41) is 3.94. The number of halogens is 3. The number of carbonyl (C=O) groups excluding carboxylic acids is 2. The zero-order chi connectivity index (χ0) is 31.9. The van der Waals surface area contributed by atoms with E-state index in [1.54, 1.807) is 48.0 Å². The number of methoxy groups -OCH3 is 1. The number of ether oxygens (including phenoxy) is 1. The first-order chi connectivity index (χ1) is 21.6. The number of hydrogen-bond acceptors (Lipinski definition) is 6. The Morgan fingerprint density at radius 3 is 2.33 bits per heavy atom. The van der Waals surface area contributed by atoms with Gasteiger partial charge < -0.3 is 19.5 Å². The van der Waals surface area contributed by atoms with Gasteiger partial charge in [0.15, 0.2) is 17.2 Å². The second-order valence-corrected chi connectivity index (χ2v) is 11.0. The van der Waals surface area contributed by atoms with Crippen LogP contribution in [-0.4, -0.2) is 52.0 Å². The number of nitrogens with zero attached hydrogens (tertiary/aromatic N) is 4. The number of para-hydroxylation sites is 1. The Hall–Kier alpha value is -5.13. The Morgan fingerprint density at radius 1 is 1.00 bits per heavy atom. The van der Waals surface area contributed by atoms with Crippen molar-refractivity contribution in [2.75, 3.05) is 25.1 Å². The molecule has 4 heterocycles. The third-order valence-electron chi connectivity index (χ3n) is 8.31. The van der Waals surface area contributed by atoms with E-state index in [0.29, 0.717) is 53.6 Å². The molecule has 1 N–H and O–H groups in total. The lowest BCUT2D eigenvalue weighted by atomic mass is 10.0. The molecule has 0 unspecified atom stereocenters. The van der Waals surface area contributed by atoms with Crippen LogP contribution in [0.25, 0.3) is 21.8 Å². The highest BCUT2D eigenvalue weighted by Gasteiger charge is 2.33. The van der Waals surface area contributed by atoms with Gasteiger partial charge in [-0.25, -0.2) is 4.98 Å². The number of aromatic nitrogens is 3. The molecule has 3 aromatic heterocycles. The number of pyridine rings is 2. The lowest BCUT2D eigenvalue weighted by Gasteiger charge is -2.33. The topological polar surface area (TPSA) is 98.5 Å². The van der Waals surface area contributed by atoms with Gasteiger partial charge in [-0.2, -0.15) is 13.2 Å². The number of benzene rings is 2. The number of alkyl halides is 3. The lowest BCUT2D eigenvalue weighted by molar-refractivity contribution is -0.141. The second-order valence-electron chi connectivity index (χ2n) is 11.0. The van der Waals surface area contributed by atoms with Crippen molar-refractivity contribution in [3.8, 4) is 5.75 Å². The molecule has 1 aliphatic heterocycles. The Balaban J connectivity index is 1.29. The summed E-state index contributed by atoms with van der Waals surface area (Å²) in [5.41, 5.74) is 0.922. The molecule has 45 heavy (non-hydrogen) atoms. The predicted molar refractivity (Wildman–Crippen MR) is 164 cm³/mol. The molecule has 5 aromatic rings.